The second kappa shape index (κ2) is 9.67. The number of hydrogen-bond acceptors (Lipinski definition) is 4. The minimum absolute atomic E-state index is 0.272. The fraction of sp³-hybridized carbons (Fsp3) is 0.304. The second-order valence-electron chi connectivity index (χ2n) is 7.18. The van der Waals surface area contributed by atoms with E-state index in [1.807, 2.05) is 55.5 Å². The molecule has 1 unspecified atom stereocenters. The Labute approximate surface area is 181 Å². The molecule has 3 rings (SSSR count). The molecule has 158 valence electrons. The van der Waals surface area contributed by atoms with E-state index in [2.05, 4.69) is 10.6 Å². The van der Waals surface area contributed by atoms with Crippen molar-refractivity contribution in [3.8, 4) is 5.75 Å². The third kappa shape index (κ3) is 5.13. The van der Waals surface area contributed by atoms with E-state index in [1.165, 1.54) is 0 Å². The number of benzene rings is 2. The fourth-order valence-corrected chi connectivity index (χ4v) is 3.42. The molecule has 1 heterocycles. The van der Waals surface area contributed by atoms with E-state index in [0.29, 0.717) is 35.1 Å². The van der Waals surface area contributed by atoms with Crippen LogP contribution in [0.5, 0.6) is 5.75 Å². The number of halogens is 1. The zero-order chi connectivity index (χ0) is 21.7. The summed E-state index contributed by atoms with van der Waals surface area (Å²) < 4.78 is 11.3. The quantitative estimate of drug-likeness (QED) is 0.615. The van der Waals surface area contributed by atoms with Crippen molar-refractivity contribution in [2.24, 2.45) is 0 Å². The predicted molar refractivity (Wildman–Crippen MR) is 115 cm³/mol. The topological polar surface area (TPSA) is 76.7 Å². The molecule has 0 spiro atoms. The van der Waals surface area contributed by atoms with Crippen molar-refractivity contribution in [1.82, 2.24) is 10.6 Å². The first-order valence-electron chi connectivity index (χ1n) is 9.86. The van der Waals surface area contributed by atoms with Gasteiger partial charge in [0.25, 0.3) is 0 Å². The van der Waals surface area contributed by atoms with Gasteiger partial charge in [0.05, 0.1) is 17.7 Å². The third-order valence-electron chi connectivity index (χ3n) is 4.61. The molecule has 0 saturated carbocycles. The van der Waals surface area contributed by atoms with Crippen molar-refractivity contribution in [2.75, 3.05) is 0 Å². The van der Waals surface area contributed by atoms with Crippen LogP contribution in [0.25, 0.3) is 0 Å². The highest BCUT2D eigenvalue weighted by Gasteiger charge is 2.33. The molecule has 2 aromatic carbocycles. The first kappa shape index (κ1) is 21.7. The van der Waals surface area contributed by atoms with Crippen molar-refractivity contribution in [3.05, 3.63) is 76.0 Å². The van der Waals surface area contributed by atoms with E-state index in [1.54, 1.807) is 13.8 Å². The van der Waals surface area contributed by atoms with Gasteiger partial charge in [0.1, 0.15) is 12.4 Å². The molecular formula is C23H25ClN2O4. The number of esters is 1. The molecule has 0 aliphatic carbocycles. The number of ether oxygens (including phenoxy) is 2. The van der Waals surface area contributed by atoms with Crippen LogP contribution < -0.4 is 15.4 Å². The minimum atomic E-state index is -0.635. The lowest BCUT2D eigenvalue weighted by molar-refractivity contribution is -0.143. The summed E-state index contributed by atoms with van der Waals surface area (Å²) in [5.74, 6) is 0.150. The van der Waals surface area contributed by atoms with Gasteiger partial charge in [-0.2, -0.15) is 0 Å². The maximum absolute atomic E-state index is 12.8. The van der Waals surface area contributed by atoms with Gasteiger partial charge in [-0.3, -0.25) is 0 Å². The van der Waals surface area contributed by atoms with Crippen LogP contribution in [0.4, 0.5) is 4.79 Å². The van der Waals surface area contributed by atoms with Gasteiger partial charge in [-0.05, 0) is 44.0 Å². The van der Waals surface area contributed by atoms with E-state index in [0.717, 1.165) is 11.1 Å². The van der Waals surface area contributed by atoms with Crippen LogP contribution in [0.3, 0.4) is 0 Å². The highest BCUT2D eigenvalue weighted by atomic mass is 35.5. The minimum Gasteiger partial charge on any atom is -0.489 e. The second-order valence-corrected chi connectivity index (χ2v) is 7.59. The number of carbonyl (C=O) groups is 2. The Bertz CT molecular complexity index is 971. The molecule has 0 aromatic heterocycles. The molecule has 1 atom stereocenters. The van der Waals surface area contributed by atoms with Gasteiger partial charge in [0, 0.05) is 16.3 Å². The van der Waals surface area contributed by atoms with E-state index < -0.39 is 12.0 Å². The van der Waals surface area contributed by atoms with Crippen molar-refractivity contribution in [1.29, 1.82) is 0 Å². The smallest absolute Gasteiger partial charge is 0.338 e. The molecule has 6 nitrogen and oxygen atoms in total. The number of rotatable bonds is 7. The lowest BCUT2D eigenvalue weighted by atomic mass is 9.94. The van der Waals surface area contributed by atoms with Gasteiger partial charge in [-0.1, -0.05) is 48.9 Å². The Morgan fingerprint density at radius 2 is 1.93 bits per heavy atom. The summed E-state index contributed by atoms with van der Waals surface area (Å²) in [4.78, 5) is 25.0. The van der Waals surface area contributed by atoms with Gasteiger partial charge >= 0.3 is 12.0 Å². The summed E-state index contributed by atoms with van der Waals surface area (Å²) in [5.41, 5.74) is 2.54. The van der Waals surface area contributed by atoms with E-state index >= 15 is 0 Å². The molecule has 0 fully saturated rings. The molecule has 0 radical (unpaired) electrons. The van der Waals surface area contributed by atoms with Crippen LogP contribution in [0.15, 0.2) is 59.8 Å². The van der Waals surface area contributed by atoms with Gasteiger partial charge in [0.15, 0.2) is 0 Å². The lowest BCUT2D eigenvalue weighted by Gasteiger charge is -2.29. The van der Waals surface area contributed by atoms with Crippen LogP contribution in [0.2, 0.25) is 5.02 Å². The summed E-state index contributed by atoms with van der Waals surface area (Å²) in [6.45, 7) is 5.76. The SMILES string of the molecule is CCC1=C(C(=O)OC(C)C)C(c2cccc(OCc3ccccc3Cl)c2)NC(=O)N1. The van der Waals surface area contributed by atoms with E-state index in [-0.39, 0.29) is 12.1 Å². The first-order chi connectivity index (χ1) is 14.4. The number of carbonyl (C=O) groups excluding carboxylic acids is 2. The van der Waals surface area contributed by atoms with Gasteiger partial charge in [0.2, 0.25) is 0 Å². The Morgan fingerprint density at radius 3 is 2.63 bits per heavy atom. The Balaban J connectivity index is 1.88. The Morgan fingerprint density at radius 1 is 1.17 bits per heavy atom. The van der Waals surface area contributed by atoms with E-state index in [4.69, 9.17) is 21.1 Å². The number of urea groups is 1. The third-order valence-corrected chi connectivity index (χ3v) is 4.98. The van der Waals surface area contributed by atoms with Crippen LogP contribution >= 0.6 is 11.6 Å². The summed E-state index contributed by atoms with van der Waals surface area (Å²) in [5, 5.41) is 6.18. The average Bonchev–Trinajstić information content (AvgIpc) is 2.72. The monoisotopic (exact) mass is 428 g/mol. The van der Waals surface area contributed by atoms with Crippen molar-refractivity contribution in [2.45, 2.75) is 45.9 Å². The summed E-state index contributed by atoms with van der Waals surface area (Å²) in [7, 11) is 0. The molecular weight excluding hydrogens is 404 g/mol. The molecule has 1 aliphatic heterocycles. The molecule has 2 N–H and O–H groups in total. The standard InChI is InChI=1S/C23H25ClN2O4/c1-4-19-20(22(27)30-14(2)3)21(26-23(28)25-19)15-9-7-10-17(12-15)29-13-16-8-5-6-11-18(16)24/h5-12,14,21H,4,13H2,1-3H3,(H2,25,26,28). The molecule has 2 aromatic rings. The predicted octanol–water partition coefficient (Wildman–Crippen LogP) is 4.89. The molecule has 1 aliphatic rings. The molecule has 30 heavy (non-hydrogen) atoms. The zero-order valence-corrected chi connectivity index (χ0v) is 18.0. The largest absolute Gasteiger partial charge is 0.489 e. The van der Waals surface area contributed by atoms with Gasteiger partial charge in [-0.15, -0.1) is 0 Å². The maximum atomic E-state index is 12.8. The van der Waals surface area contributed by atoms with E-state index in [9.17, 15) is 9.59 Å². The highest BCUT2D eigenvalue weighted by Crippen LogP contribution is 2.31. The fourth-order valence-electron chi connectivity index (χ4n) is 3.23. The Kier molecular flexibility index (Phi) is 7.00. The number of amides is 2. The molecule has 0 saturated heterocycles. The van der Waals surface area contributed by atoms with Crippen LogP contribution in [-0.4, -0.2) is 18.1 Å². The van der Waals surface area contributed by atoms with Crippen LogP contribution in [0, 0.1) is 0 Å². The number of allylic oxidation sites excluding steroid dienone is 1. The van der Waals surface area contributed by atoms with Crippen molar-refractivity contribution in [3.63, 3.8) is 0 Å². The normalized spacial score (nSPS) is 16.2. The van der Waals surface area contributed by atoms with Crippen LogP contribution in [0.1, 0.15) is 44.4 Å². The molecule has 7 heteroatoms. The highest BCUT2D eigenvalue weighted by molar-refractivity contribution is 6.31. The van der Waals surface area contributed by atoms with Crippen molar-refractivity contribution >= 4 is 23.6 Å². The van der Waals surface area contributed by atoms with Gasteiger partial charge < -0.3 is 20.1 Å². The average molecular weight is 429 g/mol. The summed E-state index contributed by atoms with van der Waals surface area (Å²) in [6, 6.07) is 13.8. The maximum Gasteiger partial charge on any atom is 0.338 e. The Hall–Kier alpha value is -2.99. The van der Waals surface area contributed by atoms with Crippen molar-refractivity contribution < 1.29 is 19.1 Å². The summed E-state index contributed by atoms with van der Waals surface area (Å²) >= 11 is 6.20. The lowest BCUT2D eigenvalue weighted by Crippen LogP contribution is -2.46. The molecule has 2 amide bonds. The number of hydrogen-bond donors (Lipinski definition) is 2. The first-order valence-corrected chi connectivity index (χ1v) is 10.2. The zero-order valence-electron chi connectivity index (χ0n) is 17.2. The van der Waals surface area contributed by atoms with Gasteiger partial charge in [-0.25, -0.2) is 9.59 Å². The molecule has 0 bridgehead atoms. The number of nitrogens with one attached hydrogen (secondary N) is 2. The summed E-state index contributed by atoms with van der Waals surface area (Å²) in [6.07, 6.45) is 0.224. The van der Waals surface area contributed by atoms with Crippen LogP contribution in [-0.2, 0) is 16.1 Å².